The first-order chi connectivity index (χ1) is 12.5. The molecule has 3 N–H and O–H groups in total. The van der Waals surface area contributed by atoms with Crippen LogP contribution in [-0.4, -0.2) is 46.3 Å². The molecule has 2 heterocycles. The van der Waals surface area contributed by atoms with Crippen molar-refractivity contribution in [2.45, 2.75) is 19.6 Å². The molecule has 0 spiro atoms. The molecular weight excluding hydrogens is 336 g/mol. The van der Waals surface area contributed by atoms with Crippen LogP contribution in [0.4, 0.5) is 0 Å². The van der Waals surface area contributed by atoms with E-state index in [0.717, 1.165) is 22.2 Å². The van der Waals surface area contributed by atoms with Crippen LogP contribution in [0.3, 0.4) is 0 Å². The summed E-state index contributed by atoms with van der Waals surface area (Å²) >= 11 is 0. The van der Waals surface area contributed by atoms with Gasteiger partial charge in [-0.15, -0.1) is 0 Å². The molecule has 0 saturated heterocycles. The summed E-state index contributed by atoms with van der Waals surface area (Å²) in [5.74, 6) is 0.677. The van der Waals surface area contributed by atoms with E-state index in [1.807, 2.05) is 18.2 Å². The fourth-order valence-corrected chi connectivity index (χ4v) is 2.57. The average molecular weight is 356 g/mol. The van der Waals surface area contributed by atoms with E-state index in [-0.39, 0.29) is 0 Å². The van der Waals surface area contributed by atoms with Crippen LogP contribution < -0.4 is 14.8 Å². The van der Waals surface area contributed by atoms with E-state index in [0.29, 0.717) is 23.9 Å². The number of ether oxygens (including phenoxy) is 2. The molecule has 0 aliphatic rings. The van der Waals surface area contributed by atoms with E-state index >= 15 is 0 Å². The molecule has 0 aliphatic heterocycles. The Morgan fingerprint density at radius 2 is 2.04 bits per heavy atom. The maximum atomic E-state index is 11.5. The number of benzene rings is 1. The molecule has 2 aromatic heterocycles. The Morgan fingerprint density at radius 3 is 2.65 bits per heavy atom. The summed E-state index contributed by atoms with van der Waals surface area (Å²) in [6, 6.07) is 5.74. The van der Waals surface area contributed by atoms with E-state index in [9.17, 15) is 9.90 Å². The highest BCUT2D eigenvalue weighted by molar-refractivity contribution is 5.88. The number of carbonyl (C=O) groups excluding carboxylic acids is 1. The standard InChI is InChI=1S/C18H20N4O4/c1-10(23)18(24)21-7-12-4-11-5-16(25-2)13(6-14(11)22-12)15-8-20-17(26-3)9-19-15/h4-6,8-10,22-23H,7H2,1-3H3,(H,21,24). The lowest BCUT2D eigenvalue weighted by Gasteiger charge is -2.08. The number of amides is 1. The highest BCUT2D eigenvalue weighted by atomic mass is 16.5. The molecule has 0 fully saturated rings. The monoisotopic (exact) mass is 356 g/mol. The van der Waals surface area contributed by atoms with Gasteiger partial charge in [0.25, 0.3) is 0 Å². The summed E-state index contributed by atoms with van der Waals surface area (Å²) in [7, 11) is 3.13. The van der Waals surface area contributed by atoms with Gasteiger partial charge in [-0.05, 0) is 25.1 Å². The number of aromatic nitrogens is 3. The number of nitrogens with zero attached hydrogens (tertiary/aromatic N) is 2. The lowest BCUT2D eigenvalue weighted by molar-refractivity contribution is -0.128. The van der Waals surface area contributed by atoms with Gasteiger partial charge < -0.3 is 24.9 Å². The number of aromatic amines is 1. The second-order valence-corrected chi connectivity index (χ2v) is 5.77. The van der Waals surface area contributed by atoms with Gasteiger partial charge in [-0.25, -0.2) is 9.97 Å². The summed E-state index contributed by atoms with van der Waals surface area (Å²) in [6.45, 7) is 1.71. The molecule has 1 atom stereocenters. The van der Waals surface area contributed by atoms with Gasteiger partial charge >= 0.3 is 0 Å². The van der Waals surface area contributed by atoms with Crippen LogP contribution in [0, 0.1) is 0 Å². The number of hydrogen-bond donors (Lipinski definition) is 3. The average Bonchev–Trinajstić information content (AvgIpc) is 3.06. The molecule has 1 amide bonds. The number of aliphatic hydroxyl groups is 1. The van der Waals surface area contributed by atoms with Crippen LogP contribution in [-0.2, 0) is 11.3 Å². The van der Waals surface area contributed by atoms with Crippen LogP contribution in [0.1, 0.15) is 12.6 Å². The van der Waals surface area contributed by atoms with Crippen molar-refractivity contribution < 1.29 is 19.4 Å². The lowest BCUT2D eigenvalue weighted by Crippen LogP contribution is -2.32. The zero-order chi connectivity index (χ0) is 18.7. The highest BCUT2D eigenvalue weighted by Gasteiger charge is 2.13. The fraction of sp³-hybridized carbons (Fsp3) is 0.278. The van der Waals surface area contributed by atoms with Gasteiger partial charge in [0.2, 0.25) is 11.8 Å². The number of hydrogen-bond acceptors (Lipinski definition) is 6. The molecule has 3 rings (SSSR count). The van der Waals surface area contributed by atoms with Crippen molar-refractivity contribution in [3.63, 3.8) is 0 Å². The van der Waals surface area contributed by atoms with Crippen molar-refractivity contribution in [3.8, 4) is 22.9 Å². The van der Waals surface area contributed by atoms with Gasteiger partial charge in [-0.2, -0.15) is 0 Å². The van der Waals surface area contributed by atoms with E-state index in [1.54, 1.807) is 19.5 Å². The van der Waals surface area contributed by atoms with E-state index < -0.39 is 12.0 Å². The van der Waals surface area contributed by atoms with E-state index in [4.69, 9.17) is 9.47 Å². The molecule has 0 radical (unpaired) electrons. The second kappa shape index (κ2) is 7.40. The largest absolute Gasteiger partial charge is 0.496 e. The van der Waals surface area contributed by atoms with Crippen LogP contribution in [0.5, 0.6) is 11.6 Å². The summed E-state index contributed by atoms with van der Waals surface area (Å²) in [5, 5.41) is 12.8. The second-order valence-electron chi connectivity index (χ2n) is 5.77. The smallest absolute Gasteiger partial charge is 0.248 e. The fourth-order valence-electron chi connectivity index (χ4n) is 2.57. The number of fused-ring (bicyclic) bond motifs is 1. The van der Waals surface area contributed by atoms with Crippen LogP contribution in [0.2, 0.25) is 0 Å². The number of nitrogens with one attached hydrogen (secondary N) is 2. The van der Waals surface area contributed by atoms with Gasteiger partial charge in [0.1, 0.15) is 11.9 Å². The van der Waals surface area contributed by atoms with Gasteiger partial charge in [0.05, 0.1) is 38.9 Å². The molecule has 8 nitrogen and oxygen atoms in total. The SMILES string of the molecule is COc1cnc(-c2cc3[nH]c(CNC(=O)C(C)O)cc3cc2OC)cn1. The lowest BCUT2D eigenvalue weighted by atomic mass is 10.1. The van der Waals surface area contributed by atoms with Gasteiger partial charge in [0.15, 0.2) is 0 Å². The van der Waals surface area contributed by atoms with Crippen molar-refractivity contribution >= 4 is 16.8 Å². The number of aliphatic hydroxyl groups excluding tert-OH is 1. The summed E-state index contributed by atoms with van der Waals surface area (Å²) in [4.78, 5) is 23.3. The number of carbonyl (C=O) groups is 1. The van der Waals surface area contributed by atoms with Crippen molar-refractivity contribution in [1.29, 1.82) is 0 Å². The normalized spacial score (nSPS) is 12.0. The summed E-state index contributed by atoms with van der Waals surface area (Å²) in [6.07, 6.45) is 2.12. The van der Waals surface area contributed by atoms with Crippen LogP contribution in [0.25, 0.3) is 22.2 Å². The Hall–Kier alpha value is -3.13. The van der Waals surface area contributed by atoms with Crippen molar-refractivity contribution in [2.75, 3.05) is 14.2 Å². The highest BCUT2D eigenvalue weighted by Crippen LogP contribution is 2.33. The Labute approximate surface area is 150 Å². The maximum Gasteiger partial charge on any atom is 0.248 e. The van der Waals surface area contributed by atoms with Crippen molar-refractivity contribution in [1.82, 2.24) is 20.3 Å². The predicted octanol–water partition coefficient (Wildman–Crippen LogP) is 1.64. The first kappa shape index (κ1) is 17.7. The molecule has 26 heavy (non-hydrogen) atoms. The van der Waals surface area contributed by atoms with Crippen molar-refractivity contribution in [2.24, 2.45) is 0 Å². The molecule has 0 bridgehead atoms. The molecule has 0 aliphatic carbocycles. The number of rotatable bonds is 6. The molecular formula is C18H20N4O4. The first-order valence-electron chi connectivity index (χ1n) is 8.03. The third-order valence-corrected chi connectivity index (χ3v) is 3.94. The molecule has 1 unspecified atom stereocenters. The zero-order valence-corrected chi connectivity index (χ0v) is 14.7. The summed E-state index contributed by atoms with van der Waals surface area (Å²) in [5.41, 5.74) is 3.13. The molecule has 8 heteroatoms. The third kappa shape index (κ3) is 3.60. The zero-order valence-electron chi connectivity index (χ0n) is 14.7. The van der Waals surface area contributed by atoms with Gasteiger partial charge in [0, 0.05) is 22.2 Å². The topological polar surface area (TPSA) is 109 Å². The Bertz CT molecular complexity index is 919. The van der Waals surface area contributed by atoms with Crippen molar-refractivity contribution in [3.05, 3.63) is 36.3 Å². The van der Waals surface area contributed by atoms with E-state index in [1.165, 1.54) is 14.0 Å². The van der Waals surface area contributed by atoms with Gasteiger partial charge in [-0.1, -0.05) is 0 Å². The Kier molecular flexibility index (Phi) is 5.04. The number of H-pyrrole nitrogens is 1. The first-order valence-corrected chi connectivity index (χ1v) is 8.03. The predicted molar refractivity (Wildman–Crippen MR) is 96.0 cm³/mol. The summed E-state index contributed by atoms with van der Waals surface area (Å²) < 4.78 is 10.5. The Balaban J connectivity index is 1.93. The minimum absolute atomic E-state index is 0.290. The Morgan fingerprint density at radius 1 is 1.23 bits per heavy atom. The molecule has 3 aromatic rings. The van der Waals surface area contributed by atoms with E-state index in [2.05, 4.69) is 20.3 Å². The molecule has 1 aromatic carbocycles. The minimum Gasteiger partial charge on any atom is -0.496 e. The van der Waals surface area contributed by atoms with Crippen LogP contribution in [0.15, 0.2) is 30.6 Å². The molecule has 0 saturated carbocycles. The number of methoxy groups -OCH3 is 2. The third-order valence-electron chi connectivity index (χ3n) is 3.94. The maximum absolute atomic E-state index is 11.5. The van der Waals surface area contributed by atoms with Gasteiger partial charge in [-0.3, -0.25) is 4.79 Å². The quantitative estimate of drug-likeness (QED) is 0.619. The molecule has 136 valence electrons. The minimum atomic E-state index is -1.04. The van der Waals surface area contributed by atoms with Crippen LogP contribution >= 0.6 is 0 Å².